The summed E-state index contributed by atoms with van der Waals surface area (Å²) in [6.45, 7) is 10.9. The van der Waals surface area contributed by atoms with Crippen molar-refractivity contribution in [3.63, 3.8) is 0 Å². The van der Waals surface area contributed by atoms with Crippen molar-refractivity contribution >= 4 is 11.7 Å². The van der Waals surface area contributed by atoms with Crippen LogP contribution in [0.4, 0.5) is 5.82 Å². The predicted molar refractivity (Wildman–Crippen MR) is 97.2 cm³/mol. The Morgan fingerprint density at radius 2 is 1.67 bits per heavy atom. The lowest BCUT2D eigenvalue weighted by Crippen LogP contribution is -2.32. The lowest BCUT2D eigenvalue weighted by molar-refractivity contribution is 0.0746. The van der Waals surface area contributed by atoms with Crippen LogP contribution in [0, 0.1) is 6.92 Å². The molecule has 128 valence electrons. The van der Waals surface area contributed by atoms with E-state index in [1.807, 2.05) is 49.1 Å². The fourth-order valence-corrected chi connectivity index (χ4v) is 2.66. The Labute approximate surface area is 144 Å². The third kappa shape index (κ3) is 4.31. The highest BCUT2D eigenvalue weighted by Crippen LogP contribution is 2.15. The van der Waals surface area contributed by atoms with Crippen molar-refractivity contribution in [3.05, 3.63) is 53.5 Å². The molecule has 2 rings (SSSR count). The van der Waals surface area contributed by atoms with Crippen LogP contribution in [0.1, 0.15) is 42.6 Å². The van der Waals surface area contributed by atoms with Crippen LogP contribution in [0.15, 0.2) is 36.4 Å². The van der Waals surface area contributed by atoms with Crippen LogP contribution in [0.5, 0.6) is 0 Å². The molecule has 5 nitrogen and oxygen atoms in total. The number of aromatic nitrogens is 2. The van der Waals surface area contributed by atoms with Gasteiger partial charge in [-0.15, -0.1) is 0 Å². The average Bonchev–Trinajstić information content (AvgIpc) is 2.60. The van der Waals surface area contributed by atoms with Crippen molar-refractivity contribution in [2.24, 2.45) is 0 Å². The molecule has 0 fully saturated rings. The van der Waals surface area contributed by atoms with Crippen molar-refractivity contribution in [2.75, 3.05) is 24.5 Å². The van der Waals surface area contributed by atoms with Crippen LogP contribution in [-0.2, 0) is 6.54 Å². The maximum Gasteiger partial charge on any atom is 0.272 e. The van der Waals surface area contributed by atoms with Gasteiger partial charge in [-0.25, -0.2) is 9.97 Å². The molecule has 0 saturated carbocycles. The Morgan fingerprint density at radius 1 is 1.00 bits per heavy atom. The van der Waals surface area contributed by atoms with Gasteiger partial charge in [0.15, 0.2) is 0 Å². The quantitative estimate of drug-likeness (QED) is 0.783. The summed E-state index contributed by atoms with van der Waals surface area (Å²) in [5.74, 6) is 1.38. The molecule has 0 aliphatic carbocycles. The zero-order valence-corrected chi connectivity index (χ0v) is 15.0. The average molecular weight is 326 g/mol. The molecule has 2 aromatic rings. The van der Waals surface area contributed by atoms with E-state index in [9.17, 15) is 4.79 Å². The van der Waals surface area contributed by atoms with E-state index >= 15 is 0 Å². The summed E-state index contributed by atoms with van der Waals surface area (Å²) in [5, 5.41) is 0. The number of hydrogen-bond acceptors (Lipinski definition) is 4. The predicted octanol–water partition coefficient (Wildman–Crippen LogP) is 3.29. The maximum atomic E-state index is 12.9. The molecule has 1 amide bonds. The highest BCUT2D eigenvalue weighted by Gasteiger charge is 2.18. The molecular formula is C19H26N4O. The molecule has 1 aromatic heterocycles. The van der Waals surface area contributed by atoms with Gasteiger partial charge in [0.2, 0.25) is 0 Å². The van der Waals surface area contributed by atoms with Crippen LogP contribution in [0.2, 0.25) is 0 Å². The number of hydrogen-bond donors (Lipinski definition) is 0. The van der Waals surface area contributed by atoms with Gasteiger partial charge >= 0.3 is 0 Å². The minimum Gasteiger partial charge on any atom is -0.357 e. The van der Waals surface area contributed by atoms with Gasteiger partial charge in [-0.3, -0.25) is 4.79 Å². The first-order valence-electron chi connectivity index (χ1n) is 8.52. The molecule has 0 saturated heterocycles. The van der Waals surface area contributed by atoms with Crippen molar-refractivity contribution in [2.45, 2.75) is 34.2 Å². The second-order valence-electron chi connectivity index (χ2n) is 5.64. The molecule has 0 aliphatic rings. The first-order chi connectivity index (χ1) is 11.6. The fraction of sp³-hybridized carbons (Fsp3) is 0.421. The summed E-state index contributed by atoms with van der Waals surface area (Å²) in [7, 11) is 0. The number of rotatable bonds is 7. The van der Waals surface area contributed by atoms with Crippen LogP contribution < -0.4 is 4.90 Å². The van der Waals surface area contributed by atoms with Gasteiger partial charge in [0, 0.05) is 32.2 Å². The molecule has 0 radical (unpaired) electrons. The van der Waals surface area contributed by atoms with Gasteiger partial charge in [-0.2, -0.15) is 0 Å². The van der Waals surface area contributed by atoms with Crippen molar-refractivity contribution in [1.82, 2.24) is 14.9 Å². The zero-order valence-electron chi connectivity index (χ0n) is 15.0. The molecule has 0 aliphatic heterocycles. The SMILES string of the molecule is CCN(Cc1ccccc1)C(=O)c1cc(N(CC)CC)nc(C)n1. The molecule has 0 N–H and O–H groups in total. The lowest BCUT2D eigenvalue weighted by Gasteiger charge is -2.23. The number of carbonyl (C=O) groups excluding carboxylic acids is 1. The van der Waals surface area contributed by atoms with E-state index in [4.69, 9.17) is 0 Å². The Balaban J connectivity index is 2.26. The largest absolute Gasteiger partial charge is 0.357 e. The van der Waals surface area contributed by atoms with Gasteiger partial charge in [-0.1, -0.05) is 30.3 Å². The second kappa shape index (κ2) is 8.43. The summed E-state index contributed by atoms with van der Waals surface area (Å²) in [6.07, 6.45) is 0. The van der Waals surface area contributed by atoms with E-state index in [2.05, 4.69) is 28.7 Å². The number of aryl methyl sites for hydroxylation is 1. The van der Waals surface area contributed by atoms with E-state index in [1.165, 1.54) is 0 Å². The molecule has 24 heavy (non-hydrogen) atoms. The second-order valence-corrected chi connectivity index (χ2v) is 5.64. The normalized spacial score (nSPS) is 10.5. The topological polar surface area (TPSA) is 49.3 Å². The molecule has 0 atom stereocenters. The Morgan fingerprint density at radius 3 is 2.25 bits per heavy atom. The van der Waals surface area contributed by atoms with Gasteiger partial charge in [0.05, 0.1) is 0 Å². The van der Waals surface area contributed by atoms with E-state index in [-0.39, 0.29) is 5.91 Å². The number of benzene rings is 1. The fourth-order valence-electron chi connectivity index (χ4n) is 2.66. The molecule has 1 aromatic carbocycles. The highest BCUT2D eigenvalue weighted by atomic mass is 16.2. The van der Waals surface area contributed by atoms with Crippen molar-refractivity contribution in [3.8, 4) is 0 Å². The van der Waals surface area contributed by atoms with E-state index in [0.29, 0.717) is 24.6 Å². The van der Waals surface area contributed by atoms with E-state index in [0.717, 1.165) is 24.5 Å². The third-order valence-corrected chi connectivity index (χ3v) is 4.02. The number of amides is 1. The molecule has 1 heterocycles. The monoisotopic (exact) mass is 326 g/mol. The van der Waals surface area contributed by atoms with Gasteiger partial charge in [0.25, 0.3) is 5.91 Å². The van der Waals surface area contributed by atoms with Crippen LogP contribution >= 0.6 is 0 Å². The number of anilines is 1. The van der Waals surface area contributed by atoms with Crippen LogP contribution in [-0.4, -0.2) is 40.4 Å². The summed E-state index contributed by atoms with van der Waals surface area (Å²) >= 11 is 0. The van der Waals surface area contributed by atoms with Gasteiger partial charge < -0.3 is 9.80 Å². The highest BCUT2D eigenvalue weighted by molar-refractivity contribution is 5.93. The van der Waals surface area contributed by atoms with Crippen LogP contribution in [0.25, 0.3) is 0 Å². The molecular weight excluding hydrogens is 300 g/mol. The standard InChI is InChI=1S/C19H26N4O/c1-5-22(6-2)18-13-17(20-15(4)21-18)19(24)23(7-3)14-16-11-9-8-10-12-16/h8-13H,5-7,14H2,1-4H3. The van der Waals surface area contributed by atoms with Gasteiger partial charge in [-0.05, 0) is 33.3 Å². The molecule has 5 heteroatoms. The minimum absolute atomic E-state index is 0.0553. The van der Waals surface area contributed by atoms with E-state index < -0.39 is 0 Å². The first-order valence-corrected chi connectivity index (χ1v) is 8.52. The summed E-state index contributed by atoms with van der Waals surface area (Å²) in [5.41, 5.74) is 1.57. The first kappa shape index (κ1) is 17.9. The third-order valence-electron chi connectivity index (χ3n) is 4.02. The molecule has 0 bridgehead atoms. The molecule has 0 spiro atoms. The lowest BCUT2D eigenvalue weighted by atomic mass is 10.2. The smallest absolute Gasteiger partial charge is 0.272 e. The Bertz CT molecular complexity index is 668. The van der Waals surface area contributed by atoms with Crippen LogP contribution in [0.3, 0.4) is 0 Å². The maximum absolute atomic E-state index is 12.9. The van der Waals surface area contributed by atoms with Gasteiger partial charge in [0.1, 0.15) is 17.3 Å². The summed E-state index contributed by atoms with van der Waals surface area (Å²) < 4.78 is 0. The number of nitrogens with zero attached hydrogens (tertiary/aromatic N) is 4. The Hall–Kier alpha value is -2.43. The van der Waals surface area contributed by atoms with Crippen molar-refractivity contribution < 1.29 is 4.79 Å². The molecule has 0 unspecified atom stereocenters. The summed E-state index contributed by atoms with van der Waals surface area (Å²) in [4.78, 5) is 25.7. The van der Waals surface area contributed by atoms with Crippen molar-refractivity contribution in [1.29, 1.82) is 0 Å². The Kier molecular flexibility index (Phi) is 6.29. The summed E-state index contributed by atoms with van der Waals surface area (Å²) in [6, 6.07) is 11.8. The zero-order chi connectivity index (χ0) is 17.5. The minimum atomic E-state index is -0.0553. The number of carbonyl (C=O) groups is 1. The van der Waals surface area contributed by atoms with E-state index in [1.54, 1.807) is 6.07 Å².